The highest BCUT2D eigenvalue weighted by atomic mass is 15.3. The van der Waals surface area contributed by atoms with Gasteiger partial charge < -0.3 is 10.2 Å². The quantitative estimate of drug-likeness (QED) is 0.777. The van der Waals surface area contributed by atoms with E-state index in [-0.39, 0.29) is 0 Å². The van der Waals surface area contributed by atoms with Crippen molar-refractivity contribution in [2.24, 2.45) is 0 Å². The van der Waals surface area contributed by atoms with Crippen LogP contribution in [0.1, 0.15) is 52.4 Å². The number of nitrogens with zero attached hydrogens (tertiary/aromatic N) is 3. The van der Waals surface area contributed by atoms with Crippen molar-refractivity contribution in [1.82, 2.24) is 15.3 Å². The van der Waals surface area contributed by atoms with Crippen LogP contribution >= 0.6 is 0 Å². The third kappa shape index (κ3) is 4.75. The van der Waals surface area contributed by atoms with Gasteiger partial charge in [0.25, 0.3) is 0 Å². The molecule has 20 heavy (non-hydrogen) atoms. The standard InChI is InChI=1S/C16H28N4/c1-3-4-5-8-14(2)19-15-9-6-12-20(13-15)16-17-10-7-11-18-16/h7,10-11,14-15,19H,3-6,8-9,12-13H2,1-2H3. The average Bonchev–Trinajstić information content (AvgIpc) is 2.49. The Morgan fingerprint density at radius 3 is 2.90 bits per heavy atom. The van der Waals surface area contributed by atoms with E-state index in [1.165, 1.54) is 38.5 Å². The second-order valence-electron chi connectivity index (χ2n) is 5.90. The molecule has 0 saturated carbocycles. The van der Waals surface area contributed by atoms with Crippen molar-refractivity contribution >= 4 is 5.95 Å². The first-order valence-corrected chi connectivity index (χ1v) is 8.07. The van der Waals surface area contributed by atoms with Crippen LogP contribution in [-0.2, 0) is 0 Å². The highest BCUT2D eigenvalue weighted by Crippen LogP contribution is 2.16. The minimum absolute atomic E-state index is 0.573. The molecule has 1 N–H and O–H groups in total. The van der Waals surface area contributed by atoms with E-state index in [9.17, 15) is 0 Å². The molecular weight excluding hydrogens is 248 g/mol. The van der Waals surface area contributed by atoms with Crippen molar-refractivity contribution < 1.29 is 0 Å². The zero-order valence-electron chi connectivity index (χ0n) is 12.9. The topological polar surface area (TPSA) is 41.0 Å². The first kappa shape index (κ1) is 15.2. The molecule has 4 heteroatoms. The predicted octanol–water partition coefficient (Wildman–Crippen LogP) is 3.00. The summed E-state index contributed by atoms with van der Waals surface area (Å²) in [7, 11) is 0. The first-order chi connectivity index (χ1) is 9.79. The van der Waals surface area contributed by atoms with E-state index in [0.29, 0.717) is 12.1 Å². The summed E-state index contributed by atoms with van der Waals surface area (Å²) in [6.45, 7) is 6.68. The van der Waals surface area contributed by atoms with Gasteiger partial charge in [-0.2, -0.15) is 0 Å². The maximum atomic E-state index is 4.36. The molecule has 112 valence electrons. The van der Waals surface area contributed by atoms with E-state index in [0.717, 1.165) is 19.0 Å². The SMILES string of the molecule is CCCCCC(C)NC1CCCN(c2ncccn2)C1. The zero-order valence-corrected chi connectivity index (χ0v) is 12.9. The van der Waals surface area contributed by atoms with Crippen LogP contribution in [0.5, 0.6) is 0 Å². The second kappa shape index (κ2) is 8.20. The van der Waals surface area contributed by atoms with Gasteiger partial charge in [0.15, 0.2) is 0 Å². The number of anilines is 1. The fourth-order valence-corrected chi connectivity index (χ4v) is 2.94. The Bertz CT molecular complexity index is 368. The zero-order chi connectivity index (χ0) is 14.2. The lowest BCUT2D eigenvalue weighted by Gasteiger charge is -2.34. The highest BCUT2D eigenvalue weighted by molar-refractivity contribution is 5.29. The molecule has 1 fully saturated rings. The van der Waals surface area contributed by atoms with Gasteiger partial charge in [-0.25, -0.2) is 9.97 Å². The van der Waals surface area contributed by atoms with Crippen LogP contribution in [0.4, 0.5) is 5.95 Å². The Labute approximate surface area is 123 Å². The van der Waals surface area contributed by atoms with Gasteiger partial charge in [0, 0.05) is 37.6 Å². The Balaban J connectivity index is 1.78. The maximum absolute atomic E-state index is 4.36. The highest BCUT2D eigenvalue weighted by Gasteiger charge is 2.22. The largest absolute Gasteiger partial charge is 0.339 e. The van der Waals surface area contributed by atoms with E-state index in [1.807, 2.05) is 18.5 Å². The van der Waals surface area contributed by atoms with Crippen LogP contribution in [-0.4, -0.2) is 35.1 Å². The molecule has 2 atom stereocenters. The van der Waals surface area contributed by atoms with Crippen LogP contribution in [0.25, 0.3) is 0 Å². The lowest BCUT2D eigenvalue weighted by molar-refractivity contribution is 0.366. The van der Waals surface area contributed by atoms with E-state index in [2.05, 4.69) is 34.0 Å². The smallest absolute Gasteiger partial charge is 0.225 e. The van der Waals surface area contributed by atoms with Gasteiger partial charge in [-0.15, -0.1) is 0 Å². The number of hydrogen-bond donors (Lipinski definition) is 1. The Hall–Kier alpha value is -1.16. The van der Waals surface area contributed by atoms with Crippen molar-refractivity contribution in [1.29, 1.82) is 0 Å². The van der Waals surface area contributed by atoms with Crippen LogP contribution < -0.4 is 10.2 Å². The fraction of sp³-hybridized carbons (Fsp3) is 0.750. The fourth-order valence-electron chi connectivity index (χ4n) is 2.94. The van der Waals surface area contributed by atoms with E-state index in [1.54, 1.807) is 0 Å². The lowest BCUT2D eigenvalue weighted by Crippen LogP contribution is -2.49. The summed E-state index contributed by atoms with van der Waals surface area (Å²) < 4.78 is 0. The van der Waals surface area contributed by atoms with Gasteiger partial charge in [0.1, 0.15) is 0 Å². The van der Waals surface area contributed by atoms with E-state index < -0.39 is 0 Å². The normalized spacial score (nSPS) is 20.9. The number of aromatic nitrogens is 2. The van der Waals surface area contributed by atoms with Crippen molar-refractivity contribution in [3.8, 4) is 0 Å². The van der Waals surface area contributed by atoms with Crippen LogP contribution in [0, 0.1) is 0 Å². The molecule has 0 bridgehead atoms. The van der Waals surface area contributed by atoms with Crippen molar-refractivity contribution in [3.63, 3.8) is 0 Å². The molecule has 0 radical (unpaired) electrons. The predicted molar refractivity (Wildman–Crippen MR) is 84.0 cm³/mol. The molecule has 1 saturated heterocycles. The molecule has 1 aromatic rings. The summed E-state index contributed by atoms with van der Waals surface area (Å²) in [5.41, 5.74) is 0. The van der Waals surface area contributed by atoms with Crippen LogP contribution in [0.15, 0.2) is 18.5 Å². The van der Waals surface area contributed by atoms with Crippen LogP contribution in [0.3, 0.4) is 0 Å². The van der Waals surface area contributed by atoms with Gasteiger partial charge in [-0.1, -0.05) is 26.2 Å². The van der Waals surface area contributed by atoms with Gasteiger partial charge in [0.05, 0.1) is 0 Å². The van der Waals surface area contributed by atoms with Crippen molar-refractivity contribution in [2.75, 3.05) is 18.0 Å². The van der Waals surface area contributed by atoms with Crippen molar-refractivity contribution in [3.05, 3.63) is 18.5 Å². The van der Waals surface area contributed by atoms with Gasteiger partial charge in [0.2, 0.25) is 5.95 Å². The van der Waals surface area contributed by atoms with Gasteiger partial charge >= 0.3 is 0 Å². The molecule has 0 spiro atoms. The Morgan fingerprint density at radius 2 is 2.15 bits per heavy atom. The Morgan fingerprint density at radius 1 is 1.35 bits per heavy atom. The summed E-state index contributed by atoms with van der Waals surface area (Å²) in [4.78, 5) is 11.0. The second-order valence-corrected chi connectivity index (χ2v) is 5.90. The summed E-state index contributed by atoms with van der Waals surface area (Å²) in [6, 6.07) is 3.06. The summed E-state index contributed by atoms with van der Waals surface area (Å²) in [5.74, 6) is 0.873. The molecular formula is C16H28N4. The molecule has 2 unspecified atom stereocenters. The lowest BCUT2D eigenvalue weighted by atomic mass is 10.0. The molecule has 1 aromatic heterocycles. The third-order valence-electron chi connectivity index (χ3n) is 4.02. The monoisotopic (exact) mass is 276 g/mol. The maximum Gasteiger partial charge on any atom is 0.225 e. The first-order valence-electron chi connectivity index (χ1n) is 8.07. The van der Waals surface area contributed by atoms with Gasteiger partial charge in [-0.3, -0.25) is 0 Å². The number of rotatable bonds is 7. The van der Waals surface area contributed by atoms with Crippen LogP contribution in [0.2, 0.25) is 0 Å². The minimum Gasteiger partial charge on any atom is -0.339 e. The molecule has 2 heterocycles. The van der Waals surface area contributed by atoms with Crippen molar-refractivity contribution in [2.45, 2.75) is 64.5 Å². The molecule has 4 nitrogen and oxygen atoms in total. The van der Waals surface area contributed by atoms with Gasteiger partial charge in [-0.05, 0) is 32.3 Å². The average molecular weight is 276 g/mol. The third-order valence-corrected chi connectivity index (χ3v) is 4.02. The van der Waals surface area contributed by atoms with E-state index in [4.69, 9.17) is 0 Å². The summed E-state index contributed by atoms with van der Waals surface area (Å²) in [6.07, 6.45) is 11.4. The molecule has 1 aliphatic heterocycles. The Kier molecular flexibility index (Phi) is 6.25. The number of hydrogen-bond acceptors (Lipinski definition) is 4. The molecule has 2 rings (SSSR count). The van der Waals surface area contributed by atoms with E-state index >= 15 is 0 Å². The number of piperidine rings is 1. The number of unbranched alkanes of at least 4 members (excludes halogenated alkanes) is 2. The summed E-state index contributed by atoms with van der Waals surface area (Å²) >= 11 is 0. The number of nitrogens with one attached hydrogen (secondary N) is 1. The minimum atomic E-state index is 0.573. The molecule has 1 aliphatic rings. The summed E-state index contributed by atoms with van der Waals surface area (Å²) in [5, 5.41) is 3.78. The molecule has 0 amide bonds. The molecule has 0 aromatic carbocycles. The molecule has 0 aliphatic carbocycles.